The predicted molar refractivity (Wildman–Crippen MR) is 96.9 cm³/mol. The van der Waals surface area contributed by atoms with Gasteiger partial charge in [-0.2, -0.15) is 8.78 Å². The summed E-state index contributed by atoms with van der Waals surface area (Å²) in [5.41, 5.74) is 0.825. The quantitative estimate of drug-likeness (QED) is 0.471. The van der Waals surface area contributed by atoms with Gasteiger partial charge in [0.1, 0.15) is 0 Å². The molecule has 0 fully saturated rings. The highest BCUT2D eigenvalue weighted by Gasteiger charge is 2.14. The van der Waals surface area contributed by atoms with Gasteiger partial charge < -0.3 is 9.15 Å². The van der Waals surface area contributed by atoms with Crippen molar-refractivity contribution in [1.29, 1.82) is 0 Å². The van der Waals surface area contributed by atoms with Crippen molar-refractivity contribution in [3.63, 3.8) is 0 Å². The van der Waals surface area contributed by atoms with Gasteiger partial charge in [-0.15, -0.1) is 5.10 Å². The molecule has 0 spiro atoms. The molecule has 1 aromatic heterocycles. The number of anilines is 1. The predicted octanol–water partition coefficient (Wildman–Crippen LogP) is 3.85. The van der Waals surface area contributed by atoms with Gasteiger partial charge in [-0.25, -0.2) is 4.79 Å². The lowest BCUT2D eigenvalue weighted by Gasteiger charge is -2.05. The molecule has 28 heavy (non-hydrogen) atoms. The van der Waals surface area contributed by atoms with Gasteiger partial charge in [0.15, 0.2) is 6.61 Å². The van der Waals surface area contributed by atoms with Crippen LogP contribution in [0.5, 0.6) is 0 Å². The van der Waals surface area contributed by atoms with Crippen LogP contribution in [0.4, 0.5) is 14.8 Å². The lowest BCUT2D eigenvalue weighted by Crippen LogP contribution is -2.21. The maximum Gasteiger partial charge on any atom is 0.338 e. The second-order valence-corrected chi connectivity index (χ2v) is 6.37. The molecule has 10 heteroatoms. The third kappa shape index (κ3) is 5.36. The monoisotopic (exact) mass is 405 g/mol. The summed E-state index contributed by atoms with van der Waals surface area (Å²) in [6.07, 6.45) is 0. The van der Waals surface area contributed by atoms with Crippen molar-refractivity contribution in [1.82, 2.24) is 10.2 Å². The normalized spacial score (nSPS) is 10.7. The van der Waals surface area contributed by atoms with Crippen LogP contribution in [0.15, 0.2) is 63.9 Å². The topological polar surface area (TPSA) is 94.3 Å². The molecule has 1 heterocycles. The lowest BCUT2D eigenvalue weighted by molar-refractivity contribution is -0.119. The Balaban J connectivity index is 1.50. The number of rotatable bonds is 7. The fraction of sp³-hybridized carbons (Fsp3) is 0.111. The molecule has 3 aromatic rings. The average molecular weight is 405 g/mol. The Morgan fingerprint density at radius 3 is 2.46 bits per heavy atom. The number of nitrogens with one attached hydrogen (secondary N) is 1. The summed E-state index contributed by atoms with van der Waals surface area (Å²) in [5, 5.41) is 9.84. The summed E-state index contributed by atoms with van der Waals surface area (Å²) in [7, 11) is 0. The fourth-order valence-corrected chi connectivity index (χ4v) is 2.61. The highest BCUT2D eigenvalue weighted by molar-refractivity contribution is 7.99. The number of esters is 1. The van der Waals surface area contributed by atoms with Crippen molar-refractivity contribution in [3.8, 4) is 11.5 Å². The van der Waals surface area contributed by atoms with E-state index in [0.29, 0.717) is 22.2 Å². The summed E-state index contributed by atoms with van der Waals surface area (Å²) < 4.78 is 34.7. The molecule has 0 radical (unpaired) electrons. The smallest absolute Gasteiger partial charge is 0.338 e. The molecular weight excluding hydrogens is 392 g/mol. The van der Waals surface area contributed by atoms with Gasteiger partial charge in [-0.1, -0.05) is 35.1 Å². The van der Waals surface area contributed by atoms with E-state index < -0.39 is 24.2 Å². The molecule has 1 amide bonds. The van der Waals surface area contributed by atoms with E-state index in [0.717, 1.165) is 0 Å². The largest absolute Gasteiger partial charge is 0.452 e. The van der Waals surface area contributed by atoms with E-state index in [4.69, 9.17) is 9.15 Å². The van der Waals surface area contributed by atoms with Crippen LogP contribution >= 0.6 is 11.8 Å². The number of halogens is 2. The first-order valence-corrected chi connectivity index (χ1v) is 8.80. The second kappa shape index (κ2) is 9.09. The number of hydrogen-bond acceptors (Lipinski definition) is 7. The number of alkyl halides is 2. The van der Waals surface area contributed by atoms with Gasteiger partial charge in [0.25, 0.3) is 11.7 Å². The van der Waals surface area contributed by atoms with Crippen LogP contribution in [-0.4, -0.2) is 34.4 Å². The second-order valence-electron chi connectivity index (χ2n) is 5.31. The molecule has 7 nitrogen and oxygen atoms in total. The van der Waals surface area contributed by atoms with Gasteiger partial charge >= 0.3 is 12.0 Å². The van der Waals surface area contributed by atoms with Gasteiger partial charge in [-0.05, 0) is 36.4 Å². The summed E-state index contributed by atoms with van der Waals surface area (Å²) in [4.78, 5) is 24.1. The minimum atomic E-state index is -2.55. The van der Waals surface area contributed by atoms with E-state index in [1.165, 1.54) is 24.3 Å². The molecular formula is C18H13F2N3O4S. The van der Waals surface area contributed by atoms with E-state index in [1.54, 1.807) is 24.3 Å². The summed E-state index contributed by atoms with van der Waals surface area (Å²) >= 11 is 0.366. The zero-order valence-electron chi connectivity index (χ0n) is 14.2. The summed E-state index contributed by atoms with van der Waals surface area (Å²) in [6.45, 7) is -0.574. The van der Waals surface area contributed by atoms with E-state index >= 15 is 0 Å². The third-order valence-corrected chi connectivity index (χ3v) is 4.06. The first-order chi connectivity index (χ1) is 13.5. The molecule has 0 unspecified atom stereocenters. The number of aromatic nitrogens is 2. The molecule has 144 valence electrons. The van der Waals surface area contributed by atoms with Gasteiger partial charge in [0.05, 0.1) is 5.56 Å². The van der Waals surface area contributed by atoms with E-state index in [1.807, 2.05) is 6.07 Å². The first-order valence-electron chi connectivity index (χ1n) is 7.92. The average Bonchev–Trinajstić information content (AvgIpc) is 3.15. The number of thioether (sulfide) groups is 1. The molecule has 0 aliphatic rings. The highest BCUT2D eigenvalue weighted by atomic mass is 32.2. The number of carbonyl (C=O) groups is 2. The molecule has 0 atom stereocenters. The van der Waals surface area contributed by atoms with Crippen LogP contribution < -0.4 is 5.32 Å². The van der Waals surface area contributed by atoms with E-state index in [9.17, 15) is 18.4 Å². The van der Waals surface area contributed by atoms with Crippen molar-refractivity contribution in [2.75, 3.05) is 11.9 Å². The number of amides is 1. The molecule has 0 saturated heterocycles. The summed E-state index contributed by atoms with van der Waals surface area (Å²) in [5.74, 6) is -3.75. The lowest BCUT2D eigenvalue weighted by atomic mass is 10.2. The van der Waals surface area contributed by atoms with Crippen molar-refractivity contribution in [2.45, 2.75) is 10.7 Å². The molecule has 1 N–H and O–H groups in total. The number of benzene rings is 2. The van der Waals surface area contributed by atoms with Crippen LogP contribution in [0, 0.1) is 0 Å². The Hall–Kier alpha value is -3.27. The van der Waals surface area contributed by atoms with Crippen LogP contribution in [0.3, 0.4) is 0 Å². The van der Waals surface area contributed by atoms with Crippen LogP contribution in [0.25, 0.3) is 11.5 Å². The van der Waals surface area contributed by atoms with Crippen LogP contribution in [0.1, 0.15) is 10.4 Å². The van der Waals surface area contributed by atoms with Crippen molar-refractivity contribution < 1.29 is 27.5 Å². The van der Waals surface area contributed by atoms with Crippen LogP contribution in [0.2, 0.25) is 0 Å². The molecule has 2 aromatic carbocycles. The molecule has 0 bridgehead atoms. The molecule has 0 aliphatic heterocycles. The Labute approximate surface area is 162 Å². The minimum absolute atomic E-state index is 0.131. The van der Waals surface area contributed by atoms with E-state index in [2.05, 4.69) is 15.5 Å². The van der Waals surface area contributed by atoms with Gasteiger partial charge in [0, 0.05) is 10.5 Å². The number of hydrogen-bond donors (Lipinski definition) is 1. The molecule has 3 rings (SSSR count). The number of carbonyl (C=O) groups excluding carboxylic acids is 2. The summed E-state index contributed by atoms with van der Waals surface area (Å²) in [6, 6.07) is 14.3. The maximum atomic E-state index is 12.3. The fourth-order valence-electron chi connectivity index (χ4n) is 2.11. The maximum absolute atomic E-state index is 12.3. The highest BCUT2D eigenvalue weighted by Crippen LogP contribution is 2.25. The van der Waals surface area contributed by atoms with Gasteiger partial charge in [0.2, 0.25) is 5.89 Å². The standard InChI is InChI=1S/C18H13F2N3O4S/c19-17(20)28-13-8-6-12(7-9-13)16(25)26-10-14(24)21-18-23-22-15(27-18)11-4-2-1-3-5-11/h1-9,17H,10H2,(H,21,23,24). The zero-order valence-corrected chi connectivity index (χ0v) is 15.0. The number of ether oxygens (including phenoxy) is 1. The Morgan fingerprint density at radius 2 is 1.79 bits per heavy atom. The van der Waals surface area contributed by atoms with Crippen LogP contribution in [-0.2, 0) is 9.53 Å². The van der Waals surface area contributed by atoms with E-state index in [-0.39, 0.29) is 17.5 Å². The van der Waals surface area contributed by atoms with Gasteiger partial charge in [-0.3, -0.25) is 10.1 Å². The Bertz CT molecular complexity index is 949. The number of nitrogens with zero attached hydrogens (tertiary/aromatic N) is 2. The van der Waals surface area contributed by atoms with Crippen molar-refractivity contribution >= 4 is 29.7 Å². The SMILES string of the molecule is O=C(COC(=O)c1ccc(SC(F)F)cc1)Nc1nnc(-c2ccccc2)o1. The van der Waals surface area contributed by atoms with Crippen molar-refractivity contribution in [3.05, 3.63) is 60.2 Å². The first kappa shape index (κ1) is 19.5. The Kier molecular flexibility index (Phi) is 6.33. The van der Waals surface area contributed by atoms with Crippen molar-refractivity contribution in [2.24, 2.45) is 0 Å². The minimum Gasteiger partial charge on any atom is -0.452 e. The Morgan fingerprint density at radius 1 is 1.07 bits per heavy atom. The molecule has 0 aliphatic carbocycles. The zero-order chi connectivity index (χ0) is 19.9. The third-order valence-electron chi connectivity index (χ3n) is 3.34. The molecule has 0 saturated carbocycles.